The Morgan fingerprint density at radius 1 is 1.14 bits per heavy atom. The Bertz CT molecular complexity index is 506. The Labute approximate surface area is 124 Å². The molecule has 21 heavy (non-hydrogen) atoms. The third-order valence-electron chi connectivity index (χ3n) is 4.35. The van der Waals surface area contributed by atoms with Crippen LogP contribution < -0.4 is 5.32 Å². The van der Waals surface area contributed by atoms with Crippen LogP contribution in [0.4, 0.5) is 0 Å². The van der Waals surface area contributed by atoms with Gasteiger partial charge in [-0.05, 0) is 37.2 Å². The van der Waals surface area contributed by atoms with Gasteiger partial charge in [-0.15, -0.1) is 0 Å². The largest absolute Gasteiger partial charge is 0.455 e. The van der Waals surface area contributed by atoms with Crippen LogP contribution in [0, 0.1) is 11.8 Å². The number of ether oxygens (including phenoxy) is 1. The van der Waals surface area contributed by atoms with E-state index < -0.39 is 0 Å². The predicted molar refractivity (Wildman–Crippen MR) is 78.3 cm³/mol. The normalized spacial score (nSPS) is 19.4. The molecule has 2 aliphatic carbocycles. The van der Waals surface area contributed by atoms with Gasteiger partial charge >= 0.3 is 5.97 Å². The molecule has 1 N–H and O–H groups in total. The lowest BCUT2D eigenvalue weighted by molar-refractivity contribution is -0.155. The predicted octanol–water partition coefficient (Wildman–Crippen LogP) is 2.60. The minimum absolute atomic E-state index is 0.0196. The SMILES string of the molecule is O=C(COC(=O)C1CCC1)N[C@H](c1ccccc1)C1CC1. The minimum atomic E-state index is -0.223. The maximum atomic E-state index is 12.0. The zero-order chi connectivity index (χ0) is 14.7. The smallest absolute Gasteiger partial charge is 0.309 e. The number of esters is 1. The van der Waals surface area contributed by atoms with Crippen molar-refractivity contribution in [3.05, 3.63) is 35.9 Å². The lowest BCUT2D eigenvalue weighted by Crippen LogP contribution is -2.35. The van der Waals surface area contributed by atoms with E-state index in [-0.39, 0.29) is 30.4 Å². The molecule has 1 aromatic carbocycles. The summed E-state index contributed by atoms with van der Waals surface area (Å²) < 4.78 is 5.09. The van der Waals surface area contributed by atoms with Crippen molar-refractivity contribution in [2.24, 2.45) is 11.8 Å². The fraction of sp³-hybridized carbons (Fsp3) is 0.529. The van der Waals surface area contributed by atoms with Crippen molar-refractivity contribution in [2.75, 3.05) is 6.61 Å². The van der Waals surface area contributed by atoms with E-state index in [4.69, 9.17) is 4.74 Å². The number of benzene rings is 1. The molecule has 0 spiro atoms. The van der Waals surface area contributed by atoms with Gasteiger partial charge in [0.25, 0.3) is 5.91 Å². The average molecular weight is 287 g/mol. The zero-order valence-corrected chi connectivity index (χ0v) is 12.1. The molecule has 1 amide bonds. The minimum Gasteiger partial charge on any atom is -0.455 e. The van der Waals surface area contributed by atoms with E-state index in [9.17, 15) is 9.59 Å². The van der Waals surface area contributed by atoms with Crippen LogP contribution in [0.15, 0.2) is 30.3 Å². The van der Waals surface area contributed by atoms with Crippen LogP contribution in [0.2, 0.25) is 0 Å². The second-order valence-electron chi connectivity index (χ2n) is 6.03. The number of carbonyl (C=O) groups is 2. The van der Waals surface area contributed by atoms with Crippen molar-refractivity contribution >= 4 is 11.9 Å². The highest BCUT2D eigenvalue weighted by atomic mass is 16.5. The molecule has 4 nitrogen and oxygen atoms in total. The van der Waals surface area contributed by atoms with Gasteiger partial charge in [-0.3, -0.25) is 9.59 Å². The highest BCUT2D eigenvalue weighted by molar-refractivity contribution is 5.81. The standard InChI is InChI=1S/C17H21NO3/c19-15(11-21-17(20)14-7-4-8-14)18-16(13-9-10-13)12-5-2-1-3-6-12/h1-3,5-6,13-14,16H,4,7-11H2,(H,18,19)/t16-/m1/s1. The molecule has 4 heteroatoms. The molecule has 0 aromatic heterocycles. The van der Waals surface area contributed by atoms with Crippen LogP contribution >= 0.6 is 0 Å². The summed E-state index contributed by atoms with van der Waals surface area (Å²) in [6.07, 6.45) is 5.16. The van der Waals surface area contributed by atoms with E-state index in [1.165, 1.54) is 0 Å². The van der Waals surface area contributed by atoms with Crippen LogP contribution in [0.25, 0.3) is 0 Å². The van der Waals surface area contributed by atoms with E-state index in [0.717, 1.165) is 37.7 Å². The van der Waals surface area contributed by atoms with Gasteiger partial charge in [0, 0.05) is 0 Å². The topological polar surface area (TPSA) is 55.4 Å². The van der Waals surface area contributed by atoms with Gasteiger partial charge in [0.05, 0.1) is 12.0 Å². The molecular weight excluding hydrogens is 266 g/mol. The van der Waals surface area contributed by atoms with Gasteiger partial charge < -0.3 is 10.1 Å². The second kappa shape index (κ2) is 6.29. The lowest BCUT2D eigenvalue weighted by Gasteiger charge is -2.23. The fourth-order valence-corrected chi connectivity index (χ4v) is 2.68. The van der Waals surface area contributed by atoms with Crippen LogP contribution in [-0.4, -0.2) is 18.5 Å². The second-order valence-corrected chi connectivity index (χ2v) is 6.03. The molecule has 3 rings (SSSR count). The Kier molecular flexibility index (Phi) is 4.23. The number of amides is 1. The van der Waals surface area contributed by atoms with E-state index in [2.05, 4.69) is 5.32 Å². The van der Waals surface area contributed by atoms with Gasteiger partial charge in [0.1, 0.15) is 0 Å². The molecule has 0 saturated heterocycles. The number of carbonyl (C=O) groups excluding carboxylic acids is 2. The third-order valence-corrected chi connectivity index (χ3v) is 4.35. The van der Waals surface area contributed by atoms with Crippen LogP contribution in [0.5, 0.6) is 0 Å². The molecule has 2 saturated carbocycles. The molecule has 0 bridgehead atoms. The van der Waals surface area contributed by atoms with Crippen molar-refractivity contribution in [1.82, 2.24) is 5.32 Å². The van der Waals surface area contributed by atoms with E-state index in [0.29, 0.717) is 5.92 Å². The van der Waals surface area contributed by atoms with Crippen molar-refractivity contribution < 1.29 is 14.3 Å². The quantitative estimate of drug-likeness (QED) is 0.818. The van der Waals surface area contributed by atoms with Gasteiger partial charge in [0.2, 0.25) is 0 Å². The molecule has 0 aliphatic heterocycles. The molecule has 112 valence electrons. The van der Waals surface area contributed by atoms with Crippen molar-refractivity contribution in [1.29, 1.82) is 0 Å². The average Bonchev–Trinajstić information content (AvgIpc) is 3.26. The summed E-state index contributed by atoms with van der Waals surface area (Å²) in [5.74, 6) is 0.104. The van der Waals surface area contributed by atoms with Crippen LogP contribution in [-0.2, 0) is 14.3 Å². The maximum absolute atomic E-state index is 12.0. The number of hydrogen-bond acceptors (Lipinski definition) is 3. The van der Waals surface area contributed by atoms with Crippen molar-refractivity contribution in [3.63, 3.8) is 0 Å². The number of hydrogen-bond donors (Lipinski definition) is 1. The van der Waals surface area contributed by atoms with Gasteiger partial charge in [-0.25, -0.2) is 0 Å². The summed E-state index contributed by atoms with van der Waals surface area (Å²) in [5, 5.41) is 3.01. The summed E-state index contributed by atoms with van der Waals surface area (Å²) >= 11 is 0. The number of rotatable bonds is 6. The summed E-state index contributed by atoms with van der Waals surface area (Å²) in [6.45, 7) is -0.161. The summed E-state index contributed by atoms with van der Waals surface area (Å²) in [7, 11) is 0. The van der Waals surface area contributed by atoms with Crippen molar-refractivity contribution in [2.45, 2.75) is 38.1 Å². The molecule has 1 atom stereocenters. The van der Waals surface area contributed by atoms with Gasteiger partial charge in [-0.1, -0.05) is 36.8 Å². The molecule has 2 aliphatic rings. The zero-order valence-electron chi connectivity index (χ0n) is 12.1. The highest BCUT2D eigenvalue weighted by Gasteiger charge is 2.33. The Hall–Kier alpha value is -1.84. The summed E-state index contributed by atoms with van der Waals surface area (Å²) in [6, 6.07) is 10.0. The van der Waals surface area contributed by atoms with Crippen LogP contribution in [0.1, 0.15) is 43.7 Å². The van der Waals surface area contributed by atoms with Crippen LogP contribution in [0.3, 0.4) is 0 Å². The van der Waals surface area contributed by atoms with E-state index in [1.54, 1.807) is 0 Å². The molecule has 0 unspecified atom stereocenters. The first-order valence-corrected chi connectivity index (χ1v) is 7.75. The molecule has 0 radical (unpaired) electrons. The molecule has 2 fully saturated rings. The molecule has 0 heterocycles. The molecule has 1 aromatic rings. The number of nitrogens with one attached hydrogen (secondary N) is 1. The first kappa shape index (κ1) is 14.1. The Morgan fingerprint density at radius 3 is 2.43 bits per heavy atom. The van der Waals surface area contributed by atoms with E-state index >= 15 is 0 Å². The summed E-state index contributed by atoms with van der Waals surface area (Å²) in [4.78, 5) is 23.6. The van der Waals surface area contributed by atoms with Gasteiger partial charge in [0.15, 0.2) is 6.61 Å². The lowest BCUT2D eigenvalue weighted by atomic mass is 9.86. The molecular formula is C17H21NO3. The summed E-state index contributed by atoms with van der Waals surface area (Å²) in [5.41, 5.74) is 1.12. The fourth-order valence-electron chi connectivity index (χ4n) is 2.68. The first-order valence-electron chi connectivity index (χ1n) is 7.75. The highest BCUT2D eigenvalue weighted by Crippen LogP contribution is 2.40. The maximum Gasteiger partial charge on any atom is 0.309 e. The Morgan fingerprint density at radius 2 is 1.86 bits per heavy atom. The Balaban J connectivity index is 1.51. The van der Waals surface area contributed by atoms with Crippen molar-refractivity contribution in [3.8, 4) is 0 Å². The van der Waals surface area contributed by atoms with E-state index in [1.807, 2.05) is 30.3 Å². The van der Waals surface area contributed by atoms with Gasteiger partial charge in [-0.2, -0.15) is 0 Å². The monoisotopic (exact) mass is 287 g/mol. The third kappa shape index (κ3) is 3.63. The first-order chi connectivity index (χ1) is 10.2.